The molecule has 0 N–H and O–H groups in total. The summed E-state index contributed by atoms with van der Waals surface area (Å²) in [6.07, 6.45) is 4.56. The maximum atomic E-state index is 2.31. The molecule has 0 fully saturated rings. The van der Waals surface area contributed by atoms with Crippen molar-refractivity contribution in [3.63, 3.8) is 0 Å². The van der Waals surface area contributed by atoms with E-state index in [1.165, 1.54) is 16.7 Å². The Hall–Kier alpha value is 0.423. The van der Waals surface area contributed by atoms with Crippen molar-refractivity contribution in [2.24, 2.45) is 0 Å². The first-order valence-corrected chi connectivity index (χ1v) is 5.38. The summed E-state index contributed by atoms with van der Waals surface area (Å²) < 4.78 is 0.329. The van der Waals surface area contributed by atoms with Gasteiger partial charge < -0.3 is 0 Å². The van der Waals surface area contributed by atoms with E-state index in [0.717, 1.165) is 0 Å². The van der Waals surface area contributed by atoms with Gasteiger partial charge in [-0.3, -0.25) is 0 Å². The Kier molecular flexibility index (Phi) is 5.12. The molecular formula is C11H13Cl2Zr. The maximum Gasteiger partial charge on any atom is -0.147 e. The van der Waals surface area contributed by atoms with Crippen LogP contribution in [-0.4, -0.2) is 0 Å². The van der Waals surface area contributed by atoms with E-state index >= 15 is 0 Å². The Balaban J connectivity index is 0.000000845. The number of fused-ring (bicyclic) bond motifs is 1. The Bertz CT molecular complexity index is 356. The van der Waals surface area contributed by atoms with Crippen molar-refractivity contribution in [3.05, 3.63) is 41.0 Å². The van der Waals surface area contributed by atoms with Gasteiger partial charge in [0.1, 0.15) is 0 Å². The van der Waals surface area contributed by atoms with Crippen LogP contribution in [0.4, 0.5) is 0 Å². The van der Waals surface area contributed by atoms with Crippen LogP contribution in [0.15, 0.2) is 24.3 Å². The van der Waals surface area contributed by atoms with Crippen LogP contribution in [0.25, 0.3) is 6.08 Å². The molecule has 0 spiro atoms. The van der Waals surface area contributed by atoms with Gasteiger partial charge in [-0.2, -0.15) is 0 Å². The van der Waals surface area contributed by atoms with E-state index < -0.39 is 0 Å². The molecule has 1 aliphatic rings. The van der Waals surface area contributed by atoms with Crippen molar-refractivity contribution in [2.45, 2.75) is 17.0 Å². The number of allylic oxidation sites excluding steroid dienone is 1. The molecule has 2 rings (SSSR count). The van der Waals surface area contributed by atoms with Gasteiger partial charge in [-0.15, -0.1) is 24.8 Å². The summed E-state index contributed by atoms with van der Waals surface area (Å²) in [7, 11) is 0. The Labute approximate surface area is 113 Å². The number of rotatable bonds is 0. The molecule has 1 unspecified atom stereocenters. The minimum Gasteiger partial charge on any atom is -0.147 e. The molecular weight excluding hydrogens is 294 g/mol. The quantitative estimate of drug-likeness (QED) is 0.686. The third kappa shape index (κ3) is 2.51. The molecule has 0 saturated heterocycles. The molecule has 1 aliphatic carbocycles. The number of aryl methyl sites for hydroxylation is 1. The van der Waals surface area contributed by atoms with Gasteiger partial charge >= 0.3 is 88.7 Å². The predicted octanol–water partition coefficient (Wildman–Crippen LogP) is 3.63. The second kappa shape index (κ2) is 4.97. The molecule has 0 bridgehead atoms. The summed E-state index contributed by atoms with van der Waals surface area (Å²) in [5, 5.41) is 0. The summed E-state index contributed by atoms with van der Waals surface area (Å²) >= 11 is 1.57. The van der Waals surface area contributed by atoms with Gasteiger partial charge in [-0.1, -0.05) is 0 Å². The fourth-order valence-corrected chi connectivity index (χ4v) is 2.40. The molecule has 0 heterocycles. The van der Waals surface area contributed by atoms with Crippen molar-refractivity contribution in [2.75, 3.05) is 0 Å². The minimum absolute atomic E-state index is 0. The van der Waals surface area contributed by atoms with E-state index in [1.807, 2.05) is 0 Å². The van der Waals surface area contributed by atoms with E-state index in [-0.39, 0.29) is 24.8 Å². The van der Waals surface area contributed by atoms with Crippen molar-refractivity contribution in [1.29, 1.82) is 0 Å². The van der Waals surface area contributed by atoms with E-state index in [9.17, 15) is 0 Å². The van der Waals surface area contributed by atoms with Crippen molar-refractivity contribution >= 4 is 30.9 Å². The van der Waals surface area contributed by atoms with Crippen LogP contribution in [0, 0.1) is 6.92 Å². The zero-order chi connectivity index (χ0) is 8.77. The third-order valence-corrected chi connectivity index (χ3v) is 3.43. The van der Waals surface area contributed by atoms with Gasteiger partial charge in [0.15, 0.2) is 0 Å². The number of benzene rings is 1. The molecule has 0 amide bonds. The van der Waals surface area contributed by atoms with Crippen molar-refractivity contribution in [1.82, 2.24) is 0 Å². The molecule has 0 saturated carbocycles. The van der Waals surface area contributed by atoms with E-state index in [2.05, 4.69) is 44.2 Å². The van der Waals surface area contributed by atoms with Crippen molar-refractivity contribution in [3.8, 4) is 0 Å². The zero-order valence-electron chi connectivity index (χ0n) is 8.20. The smallest absolute Gasteiger partial charge is 0.147 e. The van der Waals surface area contributed by atoms with Gasteiger partial charge in [0, 0.05) is 0 Å². The first-order valence-electron chi connectivity index (χ1n) is 4.15. The second-order valence-corrected chi connectivity index (χ2v) is 6.18. The summed E-state index contributed by atoms with van der Waals surface area (Å²) in [6, 6.07) is 6.73. The predicted molar refractivity (Wildman–Crippen MR) is 62.1 cm³/mol. The number of hydrogen-bond acceptors (Lipinski definition) is 0. The Morgan fingerprint density at radius 3 is 2.50 bits per heavy atom. The van der Waals surface area contributed by atoms with Crippen molar-refractivity contribution < 1.29 is 24.7 Å². The molecule has 1 aromatic rings. The molecule has 1 atom stereocenters. The zero-order valence-corrected chi connectivity index (χ0v) is 12.3. The van der Waals surface area contributed by atoms with Gasteiger partial charge in [0.05, 0.1) is 0 Å². The third-order valence-electron chi connectivity index (χ3n) is 2.36. The van der Waals surface area contributed by atoms with Crippen LogP contribution in [0.2, 0.25) is 0 Å². The average Bonchev–Trinajstić information content (AvgIpc) is 2.27. The van der Waals surface area contributed by atoms with Crippen LogP contribution >= 0.6 is 24.8 Å². The van der Waals surface area contributed by atoms with Crippen LogP contribution < -0.4 is 0 Å². The molecule has 1 aromatic carbocycles. The molecule has 0 aliphatic heterocycles. The van der Waals surface area contributed by atoms with Crippen LogP contribution in [0.5, 0.6) is 0 Å². The second-order valence-electron chi connectivity index (χ2n) is 3.63. The van der Waals surface area contributed by atoms with Gasteiger partial charge in [-0.25, -0.2) is 0 Å². The summed E-state index contributed by atoms with van der Waals surface area (Å²) in [6.45, 7) is 4.44. The molecule has 14 heavy (non-hydrogen) atoms. The largest absolute Gasteiger partial charge is 0.147 e. The van der Waals surface area contributed by atoms with Gasteiger partial charge in [-0.05, 0) is 0 Å². The summed E-state index contributed by atoms with van der Waals surface area (Å²) in [4.78, 5) is 0. The standard InChI is InChI=1S/C11H11.2ClH.Zr/c1-8-3-6-11-9(2)4-5-10(11)7-8;;;/h3-7H,1-2H3;2*1H;. The van der Waals surface area contributed by atoms with E-state index in [1.54, 1.807) is 24.7 Å². The average molecular weight is 307 g/mol. The summed E-state index contributed by atoms with van der Waals surface area (Å²) in [5.74, 6) is 0. The summed E-state index contributed by atoms with van der Waals surface area (Å²) in [5.41, 5.74) is 4.26. The van der Waals surface area contributed by atoms with Gasteiger partial charge in [0.25, 0.3) is 0 Å². The minimum atomic E-state index is 0. The number of halogens is 2. The maximum absolute atomic E-state index is 2.31. The fourth-order valence-electron chi connectivity index (χ4n) is 1.64. The van der Waals surface area contributed by atoms with E-state index in [0.29, 0.717) is 3.12 Å². The fraction of sp³-hybridized carbons (Fsp3) is 0.273. The molecule has 0 nitrogen and oxygen atoms in total. The molecule has 0 radical (unpaired) electrons. The number of hydrogen-bond donors (Lipinski definition) is 0. The van der Waals surface area contributed by atoms with Gasteiger partial charge in [0.2, 0.25) is 0 Å². The van der Waals surface area contributed by atoms with Crippen LogP contribution in [-0.2, 0) is 27.8 Å². The molecule has 75 valence electrons. The van der Waals surface area contributed by atoms with Crippen LogP contribution in [0.3, 0.4) is 0 Å². The van der Waals surface area contributed by atoms with Crippen LogP contribution in [0.1, 0.15) is 23.6 Å². The first kappa shape index (κ1) is 14.4. The topological polar surface area (TPSA) is 0 Å². The Morgan fingerprint density at radius 2 is 1.86 bits per heavy atom. The normalized spacial score (nSPS) is 22.1. The Morgan fingerprint density at radius 1 is 1.21 bits per heavy atom. The SMILES string of the molecule is Cc1ccc2c(c1)C=C[C]2(C)[Zr].Cl.Cl. The monoisotopic (exact) mass is 305 g/mol. The molecule has 3 heteroatoms. The first-order chi connectivity index (χ1) is 5.59. The van der Waals surface area contributed by atoms with E-state index in [4.69, 9.17) is 0 Å². The molecule has 0 aromatic heterocycles.